The van der Waals surface area contributed by atoms with E-state index in [-0.39, 0.29) is 4.90 Å². The zero-order valence-corrected chi connectivity index (χ0v) is 14.6. The van der Waals surface area contributed by atoms with Crippen molar-refractivity contribution in [3.8, 4) is 0 Å². The molecule has 24 heavy (non-hydrogen) atoms. The third-order valence-corrected chi connectivity index (χ3v) is 5.19. The van der Waals surface area contributed by atoms with Gasteiger partial charge >= 0.3 is 5.97 Å². The second-order valence-corrected chi connectivity index (χ2v) is 7.25. The third-order valence-electron chi connectivity index (χ3n) is 3.43. The number of carbonyl (C=O) groups excluding carboxylic acids is 1. The van der Waals surface area contributed by atoms with Crippen molar-refractivity contribution in [1.29, 1.82) is 0 Å². The molecule has 0 unspecified atom stereocenters. The standard InChI is InChI=1S/C18H19NO4S/c1-13-4-8-15(9-5-13)19-12-17(18(20)23-3)24(21,22)16-10-6-14(2)7-11-16/h4-12,19H,1-3H3/b17-12+. The highest BCUT2D eigenvalue weighted by atomic mass is 32.2. The SMILES string of the molecule is COC(=O)/C(=C\Nc1ccc(C)cc1)S(=O)(=O)c1ccc(C)cc1. The van der Waals surface area contributed by atoms with Crippen LogP contribution in [0.15, 0.2) is 64.5 Å². The molecule has 1 N–H and O–H groups in total. The molecule has 2 aromatic carbocycles. The fourth-order valence-electron chi connectivity index (χ4n) is 1.99. The quantitative estimate of drug-likeness (QED) is 0.665. The highest BCUT2D eigenvalue weighted by Crippen LogP contribution is 2.21. The van der Waals surface area contributed by atoms with Crippen LogP contribution in [0.2, 0.25) is 0 Å². The molecular weight excluding hydrogens is 326 g/mol. The van der Waals surface area contributed by atoms with Gasteiger partial charge in [-0.3, -0.25) is 0 Å². The van der Waals surface area contributed by atoms with Crippen LogP contribution < -0.4 is 5.32 Å². The maximum atomic E-state index is 12.7. The zero-order valence-electron chi connectivity index (χ0n) is 13.7. The molecular formula is C18H19NO4S. The minimum Gasteiger partial charge on any atom is -0.465 e. The lowest BCUT2D eigenvalue weighted by molar-refractivity contribution is -0.135. The van der Waals surface area contributed by atoms with E-state index in [0.717, 1.165) is 24.4 Å². The summed E-state index contributed by atoms with van der Waals surface area (Å²) in [4.78, 5) is 11.6. The van der Waals surface area contributed by atoms with Crippen molar-refractivity contribution in [3.63, 3.8) is 0 Å². The van der Waals surface area contributed by atoms with Gasteiger partial charge < -0.3 is 10.1 Å². The van der Waals surface area contributed by atoms with Crippen LogP contribution in [0.4, 0.5) is 5.69 Å². The summed E-state index contributed by atoms with van der Waals surface area (Å²) in [5, 5.41) is 2.83. The summed E-state index contributed by atoms with van der Waals surface area (Å²) >= 11 is 0. The van der Waals surface area contributed by atoms with E-state index in [4.69, 9.17) is 0 Å². The average Bonchev–Trinajstić information content (AvgIpc) is 2.56. The fraction of sp³-hybridized carbons (Fsp3) is 0.167. The van der Waals surface area contributed by atoms with Gasteiger partial charge in [-0.05, 0) is 38.1 Å². The van der Waals surface area contributed by atoms with Crippen LogP contribution in [0, 0.1) is 13.8 Å². The van der Waals surface area contributed by atoms with Crippen LogP contribution in [0.5, 0.6) is 0 Å². The first-order valence-electron chi connectivity index (χ1n) is 7.28. The monoisotopic (exact) mass is 345 g/mol. The Balaban J connectivity index is 2.40. The van der Waals surface area contributed by atoms with E-state index in [1.54, 1.807) is 24.3 Å². The van der Waals surface area contributed by atoms with Crippen molar-refractivity contribution in [2.45, 2.75) is 18.7 Å². The van der Waals surface area contributed by atoms with Gasteiger partial charge in [0.05, 0.1) is 12.0 Å². The van der Waals surface area contributed by atoms with Gasteiger partial charge in [0.25, 0.3) is 0 Å². The van der Waals surface area contributed by atoms with E-state index in [9.17, 15) is 13.2 Å². The summed E-state index contributed by atoms with van der Waals surface area (Å²) in [5.41, 5.74) is 2.67. The molecule has 0 radical (unpaired) electrons. The van der Waals surface area contributed by atoms with E-state index in [2.05, 4.69) is 10.1 Å². The molecule has 0 fully saturated rings. The van der Waals surface area contributed by atoms with Crippen molar-refractivity contribution < 1.29 is 17.9 Å². The molecule has 0 aliphatic rings. The van der Waals surface area contributed by atoms with Crippen LogP contribution in [0.25, 0.3) is 0 Å². The van der Waals surface area contributed by atoms with Crippen molar-refractivity contribution in [2.24, 2.45) is 0 Å². The van der Waals surface area contributed by atoms with E-state index in [1.165, 1.54) is 12.1 Å². The van der Waals surface area contributed by atoms with Gasteiger partial charge in [-0.1, -0.05) is 35.4 Å². The number of hydrogen-bond acceptors (Lipinski definition) is 5. The molecule has 2 rings (SSSR count). The summed E-state index contributed by atoms with van der Waals surface area (Å²) in [5.74, 6) is -0.921. The first-order chi connectivity index (χ1) is 11.3. The zero-order chi connectivity index (χ0) is 17.7. The maximum absolute atomic E-state index is 12.7. The lowest BCUT2D eigenvalue weighted by Crippen LogP contribution is -2.17. The predicted octanol–water partition coefficient (Wildman–Crippen LogP) is 3.20. The van der Waals surface area contributed by atoms with Crippen LogP contribution in [0.1, 0.15) is 11.1 Å². The van der Waals surface area contributed by atoms with Crippen molar-refractivity contribution in [2.75, 3.05) is 12.4 Å². The minimum atomic E-state index is -3.98. The molecule has 6 heteroatoms. The number of benzene rings is 2. The first kappa shape index (κ1) is 17.7. The van der Waals surface area contributed by atoms with Gasteiger partial charge in [0.1, 0.15) is 0 Å². The molecule has 0 aliphatic carbocycles. The summed E-state index contributed by atoms with van der Waals surface area (Å²) in [7, 11) is -2.84. The van der Waals surface area contributed by atoms with Gasteiger partial charge in [-0.15, -0.1) is 0 Å². The van der Waals surface area contributed by atoms with Gasteiger partial charge in [-0.2, -0.15) is 0 Å². The Kier molecular flexibility index (Phi) is 5.41. The summed E-state index contributed by atoms with van der Waals surface area (Å²) < 4.78 is 30.0. The molecule has 0 bridgehead atoms. The minimum absolute atomic E-state index is 0.0375. The number of carbonyl (C=O) groups is 1. The molecule has 2 aromatic rings. The molecule has 0 spiro atoms. The maximum Gasteiger partial charge on any atom is 0.351 e. The van der Waals surface area contributed by atoms with E-state index in [0.29, 0.717) is 5.69 Å². The van der Waals surface area contributed by atoms with Crippen LogP contribution >= 0.6 is 0 Å². The Morgan fingerprint density at radius 3 is 1.96 bits per heavy atom. The van der Waals surface area contributed by atoms with E-state index in [1.807, 2.05) is 26.0 Å². The number of rotatable bonds is 5. The molecule has 0 atom stereocenters. The van der Waals surface area contributed by atoms with Crippen molar-refractivity contribution in [1.82, 2.24) is 0 Å². The second kappa shape index (κ2) is 7.31. The molecule has 0 heterocycles. The number of nitrogens with one attached hydrogen (secondary N) is 1. The summed E-state index contributed by atoms with van der Waals surface area (Å²) in [6, 6.07) is 13.6. The molecule has 0 aliphatic heterocycles. The number of methoxy groups -OCH3 is 1. The summed E-state index contributed by atoms with van der Waals surface area (Å²) in [6.07, 6.45) is 1.16. The van der Waals surface area contributed by atoms with Gasteiger partial charge in [0, 0.05) is 11.9 Å². The molecule has 0 amide bonds. The number of esters is 1. The van der Waals surface area contributed by atoms with E-state index >= 15 is 0 Å². The Bertz CT molecular complexity index is 851. The first-order valence-corrected chi connectivity index (χ1v) is 8.76. The average molecular weight is 345 g/mol. The number of sulfone groups is 1. The second-order valence-electron chi connectivity index (χ2n) is 5.33. The molecule has 126 valence electrons. The van der Waals surface area contributed by atoms with Gasteiger partial charge in [0.15, 0.2) is 4.91 Å². The molecule has 0 aromatic heterocycles. The Hall–Kier alpha value is -2.60. The Labute approximate surface area is 141 Å². The fourth-order valence-corrected chi connectivity index (χ4v) is 3.26. The van der Waals surface area contributed by atoms with Crippen LogP contribution in [-0.2, 0) is 19.4 Å². The van der Waals surface area contributed by atoms with Gasteiger partial charge in [0.2, 0.25) is 9.84 Å². The largest absolute Gasteiger partial charge is 0.465 e. The van der Waals surface area contributed by atoms with Crippen molar-refractivity contribution in [3.05, 3.63) is 70.8 Å². The van der Waals surface area contributed by atoms with Crippen LogP contribution in [-0.4, -0.2) is 21.5 Å². The number of ether oxygens (including phenoxy) is 1. The third kappa shape index (κ3) is 4.02. The highest BCUT2D eigenvalue weighted by molar-refractivity contribution is 7.96. The van der Waals surface area contributed by atoms with Crippen molar-refractivity contribution >= 4 is 21.5 Å². The van der Waals surface area contributed by atoms with Crippen LogP contribution in [0.3, 0.4) is 0 Å². The number of anilines is 1. The highest BCUT2D eigenvalue weighted by Gasteiger charge is 2.28. The lowest BCUT2D eigenvalue weighted by atomic mass is 10.2. The Morgan fingerprint density at radius 2 is 1.46 bits per heavy atom. The number of aryl methyl sites for hydroxylation is 2. The van der Waals surface area contributed by atoms with E-state index < -0.39 is 20.7 Å². The molecule has 5 nitrogen and oxygen atoms in total. The van der Waals surface area contributed by atoms with Gasteiger partial charge in [-0.25, -0.2) is 13.2 Å². The smallest absolute Gasteiger partial charge is 0.351 e. The molecule has 0 saturated carbocycles. The predicted molar refractivity (Wildman–Crippen MR) is 93.3 cm³/mol. The molecule has 0 saturated heterocycles. The Morgan fingerprint density at radius 1 is 0.958 bits per heavy atom. The topological polar surface area (TPSA) is 72.5 Å². The normalized spacial score (nSPS) is 11.9. The summed E-state index contributed by atoms with van der Waals surface area (Å²) in [6.45, 7) is 3.80. The number of hydrogen-bond donors (Lipinski definition) is 1. The lowest BCUT2D eigenvalue weighted by Gasteiger charge is -2.09.